The van der Waals surface area contributed by atoms with Crippen LogP contribution in [0.1, 0.15) is 18.5 Å². The molecule has 2 atom stereocenters. The van der Waals surface area contributed by atoms with Crippen molar-refractivity contribution in [3.05, 3.63) is 36.0 Å². The number of aliphatic hydroxyl groups is 1. The largest absolute Gasteiger partial charge is 0.486 e. The van der Waals surface area contributed by atoms with Crippen LogP contribution in [-0.2, 0) is 4.79 Å². The van der Waals surface area contributed by atoms with Crippen LogP contribution in [0.15, 0.2) is 40.6 Å². The standard InChI is InChI=1S/C17H19N5O3/c1-10-14(21-17(24)13(22-18)9-19-7-8-23)12-5-4-11-3-2-6-20-15(11)16(12)25-10/h2-6,9-10,14,23H,7-8,18H2,1H3,(H,21,24)/b19-9?,22-13+. The van der Waals surface area contributed by atoms with E-state index in [1.165, 1.54) is 6.21 Å². The zero-order chi connectivity index (χ0) is 17.8. The van der Waals surface area contributed by atoms with Crippen molar-refractivity contribution >= 4 is 28.7 Å². The Morgan fingerprint density at radius 3 is 3.08 bits per heavy atom. The topological polar surface area (TPSA) is 122 Å². The van der Waals surface area contributed by atoms with E-state index in [9.17, 15) is 4.79 Å². The van der Waals surface area contributed by atoms with Gasteiger partial charge in [-0.1, -0.05) is 18.2 Å². The number of ether oxygens (including phenoxy) is 1. The van der Waals surface area contributed by atoms with Crippen LogP contribution in [0.3, 0.4) is 0 Å². The molecule has 1 aliphatic heterocycles. The van der Waals surface area contributed by atoms with Crippen molar-refractivity contribution in [2.45, 2.75) is 19.1 Å². The summed E-state index contributed by atoms with van der Waals surface area (Å²) >= 11 is 0. The fourth-order valence-corrected chi connectivity index (χ4v) is 2.78. The highest BCUT2D eigenvalue weighted by atomic mass is 16.5. The lowest BCUT2D eigenvalue weighted by Gasteiger charge is -2.16. The number of aliphatic imine (C=N–C) groups is 1. The van der Waals surface area contributed by atoms with Crippen LogP contribution < -0.4 is 15.9 Å². The van der Waals surface area contributed by atoms with Crippen LogP contribution in [0.4, 0.5) is 0 Å². The highest BCUT2D eigenvalue weighted by Crippen LogP contribution is 2.40. The number of hydrogen-bond acceptors (Lipinski definition) is 7. The summed E-state index contributed by atoms with van der Waals surface area (Å²) < 4.78 is 5.93. The molecule has 130 valence electrons. The summed E-state index contributed by atoms with van der Waals surface area (Å²) in [6, 6.07) is 7.34. The van der Waals surface area contributed by atoms with Gasteiger partial charge in [-0.05, 0) is 13.0 Å². The normalized spacial score (nSPS) is 19.8. The number of nitrogens with two attached hydrogens (primary N) is 1. The molecule has 4 N–H and O–H groups in total. The Labute approximate surface area is 144 Å². The zero-order valence-corrected chi connectivity index (χ0v) is 13.7. The number of carbonyl (C=O) groups excluding carboxylic acids is 1. The van der Waals surface area contributed by atoms with E-state index in [-0.39, 0.29) is 31.0 Å². The molecule has 2 heterocycles. The summed E-state index contributed by atoms with van der Waals surface area (Å²) in [5, 5.41) is 16.0. The maximum absolute atomic E-state index is 12.4. The molecule has 1 amide bonds. The van der Waals surface area contributed by atoms with Gasteiger partial charge in [-0.2, -0.15) is 5.10 Å². The number of benzene rings is 1. The van der Waals surface area contributed by atoms with Crippen molar-refractivity contribution in [1.82, 2.24) is 10.3 Å². The van der Waals surface area contributed by atoms with Crippen molar-refractivity contribution in [2.75, 3.05) is 13.2 Å². The van der Waals surface area contributed by atoms with Gasteiger partial charge in [0.25, 0.3) is 5.91 Å². The fourth-order valence-electron chi connectivity index (χ4n) is 2.78. The highest BCUT2D eigenvalue weighted by Gasteiger charge is 2.34. The second-order valence-electron chi connectivity index (χ2n) is 5.61. The third-order valence-electron chi connectivity index (χ3n) is 3.97. The summed E-state index contributed by atoms with van der Waals surface area (Å²) in [5.74, 6) is 5.48. The third kappa shape index (κ3) is 3.29. The van der Waals surface area contributed by atoms with E-state index in [1.54, 1.807) is 6.20 Å². The van der Waals surface area contributed by atoms with Gasteiger partial charge in [0.15, 0.2) is 11.5 Å². The van der Waals surface area contributed by atoms with Crippen LogP contribution in [-0.4, -0.2) is 47.2 Å². The number of aromatic nitrogens is 1. The lowest BCUT2D eigenvalue weighted by molar-refractivity contribution is -0.115. The third-order valence-corrected chi connectivity index (χ3v) is 3.97. The van der Waals surface area contributed by atoms with E-state index in [2.05, 4.69) is 20.4 Å². The van der Waals surface area contributed by atoms with E-state index >= 15 is 0 Å². The molecule has 1 aliphatic rings. The minimum atomic E-state index is -0.460. The molecule has 1 aromatic carbocycles. The van der Waals surface area contributed by atoms with E-state index in [1.807, 2.05) is 31.2 Å². The Bertz CT molecular complexity index is 849. The first-order valence-corrected chi connectivity index (χ1v) is 7.89. The lowest BCUT2D eigenvalue weighted by Crippen LogP contribution is -2.39. The smallest absolute Gasteiger partial charge is 0.273 e. The molecule has 0 saturated carbocycles. The minimum Gasteiger partial charge on any atom is -0.486 e. The Kier molecular flexibility index (Phi) is 4.90. The minimum absolute atomic E-state index is 0.0204. The van der Waals surface area contributed by atoms with Crippen LogP contribution in [0.5, 0.6) is 5.75 Å². The average Bonchev–Trinajstić information content (AvgIpc) is 2.95. The Morgan fingerprint density at radius 2 is 2.32 bits per heavy atom. The average molecular weight is 341 g/mol. The molecular formula is C17H19N5O3. The van der Waals surface area contributed by atoms with Crippen LogP contribution in [0.2, 0.25) is 0 Å². The van der Waals surface area contributed by atoms with Crippen LogP contribution >= 0.6 is 0 Å². The number of hydrogen-bond donors (Lipinski definition) is 3. The number of amides is 1. The quantitative estimate of drug-likeness (QED) is 0.416. The second kappa shape index (κ2) is 7.27. The molecule has 0 fully saturated rings. The van der Waals surface area contributed by atoms with Gasteiger partial charge in [0.1, 0.15) is 11.6 Å². The second-order valence-corrected chi connectivity index (χ2v) is 5.61. The number of nitrogens with zero attached hydrogens (tertiary/aromatic N) is 3. The van der Waals surface area contributed by atoms with E-state index in [0.29, 0.717) is 5.75 Å². The van der Waals surface area contributed by atoms with Crippen molar-refractivity contribution in [3.8, 4) is 5.75 Å². The molecule has 2 aromatic rings. The number of carbonyl (C=O) groups is 1. The van der Waals surface area contributed by atoms with Gasteiger partial charge in [-0.3, -0.25) is 14.8 Å². The van der Waals surface area contributed by atoms with Gasteiger partial charge >= 0.3 is 0 Å². The van der Waals surface area contributed by atoms with E-state index in [0.717, 1.165) is 16.5 Å². The van der Waals surface area contributed by atoms with Gasteiger partial charge in [0, 0.05) is 17.1 Å². The zero-order valence-electron chi connectivity index (χ0n) is 13.7. The Balaban J connectivity index is 1.85. The van der Waals surface area contributed by atoms with Gasteiger partial charge in [0.05, 0.1) is 25.4 Å². The maximum atomic E-state index is 12.4. The summed E-state index contributed by atoms with van der Waals surface area (Å²) in [6.07, 6.45) is 2.69. The number of aliphatic hydroxyl groups excluding tert-OH is 1. The van der Waals surface area contributed by atoms with Gasteiger partial charge in [-0.25, -0.2) is 0 Å². The summed E-state index contributed by atoms with van der Waals surface area (Å²) in [6.45, 7) is 1.94. The Hall–Kier alpha value is -3.00. The van der Waals surface area contributed by atoms with Crippen LogP contribution in [0, 0.1) is 0 Å². The van der Waals surface area contributed by atoms with E-state index in [4.69, 9.17) is 15.7 Å². The number of nitrogens with one attached hydrogen (secondary N) is 1. The number of fused-ring (bicyclic) bond motifs is 3. The molecular weight excluding hydrogens is 322 g/mol. The summed E-state index contributed by atoms with van der Waals surface area (Å²) in [7, 11) is 0. The highest BCUT2D eigenvalue weighted by molar-refractivity contribution is 6.60. The first-order valence-electron chi connectivity index (χ1n) is 7.89. The van der Waals surface area contributed by atoms with Gasteiger partial charge < -0.3 is 21.0 Å². The molecule has 0 saturated heterocycles. The molecule has 1 aromatic heterocycles. The number of rotatable bonds is 5. The molecule has 0 bridgehead atoms. The Morgan fingerprint density at radius 1 is 1.48 bits per heavy atom. The number of pyridine rings is 1. The van der Waals surface area contributed by atoms with Gasteiger partial charge in [-0.15, -0.1) is 0 Å². The lowest BCUT2D eigenvalue weighted by atomic mass is 10.0. The number of hydrazone groups is 1. The monoisotopic (exact) mass is 341 g/mol. The molecule has 25 heavy (non-hydrogen) atoms. The first-order chi connectivity index (χ1) is 12.2. The SMILES string of the molecule is CC1Oc2c(ccc3cccnc23)C1NC(=O)/C(C=NCCO)=N/N. The van der Waals surface area contributed by atoms with Crippen molar-refractivity contribution in [1.29, 1.82) is 0 Å². The fraction of sp³-hybridized carbons (Fsp3) is 0.294. The first kappa shape index (κ1) is 16.8. The molecule has 0 spiro atoms. The summed E-state index contributed by atoms with van der Waals surface area (Å²) in [4.78, 5) is 20.6. The summed E-state index contributed by atoms with van der Waals surface area (Å²) in [5.41, 5.74) is 1.60. The predicted molar refractivity (Wildman–Crippen MR) is 94.8 cm³/mol. The van der Waals surface area contributed by atoms with Crippen LogP contribution in [0.25, 0.3) is 10.9 Å². The van der Waals surface area contributed by atoms with Crippen molar-refractivity contribution in [2.24, 2.45) is 15.9 Å². The molecule has 0 radical (unpaired) electrons. The van der Waals surface area contributed by atoms with Crippen molar-refractivity contribution < 1.29 is 14.6 Å². The maximum Gasteiger partial charge on any atom is 0.273 e. The molecule has 0 aliphatic carbocycles. The molecule has 8 heteroatoms. The molecule has 2 unspecified atom stereocenters. The van der Waals surface area contributed by atoms with Crippen molar-refractivity contribution in [3.63, 3.8) is 0 Å². The predicted octanol–water partition coefficient (Wildman–Crippen LogP) is 0.551. The molecule has 8 nitrogen and oxygen atoms in total. The van der Waals surface area contributed by atoms with Gasteiger partial charge in [0.2, 0.25) is 0 Å². The van der Waals surface area contributed by atoms with E-state index < -0.39 is 5.91 Å². The molecule has 3 rings (SSSR count).